The van der Waals surface area contributed by atoms with Crippen molar-refractivity contribution < 1.29 is 39.4 Å². The first-order valence-corrected chi connectivity index (χ1v) is 18.7. The number of ether oxygens (including phenoxy) is 3. The molecule has 8 heteroatoms. The SMILES string of the molecule is CCCCCC[C@H](O)CCC[C@H](O)[C@H]1CCC([C@H]2CCC([C@H](O)CC[C@H](O)CCCCCCCCCC3=CC(C)OC3=O)O2)O1. The zero-order valence-corrected chi connectivity index (χ0v) is 28.5. The molecule has 0 aromatic heterocycles. The fourth-order valence-corrected chi connectivity index (χ4v) is 7.28. The summed E-state index contributed by atoms with van der Waals surface area (Å²) in [5.74, 6) is -0.148. The van der Waals surface area contributed by atoms with Gasteiger partial charge in [-0.2, -0.15) is 0 Å². The molecular weight excluding hydrogens is 572 g/mol. The monoisotopic (exact) mass is 638 g/mol. The lowest BCUT2D eigenvalue weighted by molar-refractivity contribution is -0.139. The van der Waals surface area contributed by atoms with E-state index < -0.39 is 12.2 Å². The molecule has 262 valence electrons. The summed E-state index contributed by atoms with van der Waals surface area (Å²) in [6, 6.07) is 0. The van der Waals surface area contributed by atoms with Crippen LogP contribution in [0, 0.1) is 0 Å². The minimum absolute atomic E-state index is 0.0381. The highest BCUT2D eigenvalue weighted by atomic mass is 16.6. The van der Waals surface area contributed by atoms with Crippen molar-refractivity contribution >= 4 is 5.97 Å². The van der Waals surface area contributed by atoms with Gasteiger partial charge in [0.1, 0.15) is 6.10 Å². The summed E-state index contributed by atoms with van der Waals surface area (Å²) in [6.45, 7) is 4.08. The van der Waals surface area contributed by atoms with Gasteiger partial charge in [0, 0.05) is 5.57 Å². The number of cyclic esters (lactones) is 1. The van der Waals surface area contributed by atoms with Crippen LogP contribution in [0.4, 0.5) is 0 Å². The molecule has 3 unspecified atom stereocenters. The Labute approximate surface area is 273 Å². The third-order valence-corrected chi connectivity index (χ3v) is 10.1. The zero-order valence-electron chi connectivity index (χ0n) is 28.5. The first kappa shape index (κ1) is 38.4. The number of hydrogen-bond donors (Lipinski definition) is 4. The van der Waals surface area contributed by atoms with Gasteiger partial charge < -0.3 is 34.6 Å². The lowest BCUT2D eigenvalue weighted by Gasteiger charge is -2.24. The van der Waals surface area contributed by atoms with Gasteiger partial charge in [0.15, 0.2) is 0 Å². The smallest absolute Gasteiger partial charge is 0.334 e. The van der Waals surface area contributed by atoms with Gasteiger partial charge in [-0.1, -0.05) is 71.1 Å². The van der Waals surface area contributed by atoms with Crippen LogP contribution in [0.5, 0.6) is 0 Å². The first-order valence-electron chi connectivity index (χ1n) is 18.7. The van der Waals surface area contributed by atoms with Crippen molar-refractivity contribution in [1.29, 1.82) is 0 Å². The number of unbranched alkanes of at least 4 members (excludes halogenated alkanes) is 9. The van der Waals surface area contributed by atoms with Crippen molar-refractivity contribution in [3.63, 3.8) is 0 Å². The Hall–Kier alpha value is -1.03. The van der Waals surface area contributed by atoms with Crippen molar-refractivity contribution in [2.75, 3.05) is 0 Å². The van der Waals surface area contributed by atoms with Gasteiger partial charge in [0.2, 0.25) is 0 Å². The van der Waals surface area contributed by atoms with Gasteiger partial charge in [0.25, 0.3) is 0 Å². The van der Waals surface area contributed by atoms with E-state index in [0.717, 1.165) is 102 Å². The van der Waals surface area contributed by atoms with Crippen LogP contribution in [0.25, 0.3) is 0 Å². The second-order valence-corrected chi connectivity index (χ2v) is 14.2. The zero-order chi connectivity index (χ0) is 32.4. The van der Waals surface area contributed by atoms with Crippen LogP contribution in [-0.4, -0.2) is 81.3 Å². The molecule has 0 saturated carbocycles. The number of carbonyl (C=O) groups is 1. The fraction of sp³-hybridized carbons (Fsp3) is 0.919. The maximum Gasteiger partial charge on any atom is 0.334 e. The molecule has 8 nitrogen and oxygen atoms in total. The largest absolute Gasteiger partial charge is 0.455 e. The predicted octanol–water partition coefficient (Wildman–Crippen LogP) is 6.83. The summed E-state index contributed by atoms with van der Waals surface area (Å²) in [5.41, 5.74) is 0.834. The summed E-state index contributed by atoms with van der Waals surface area (Å²) >= 11 is 0. The van der Waals surface area contributed by atoms with Gasteiger partial charge in [0.05, 0.1) is 48.8 Å². The van der Waals surface area contributed by atoms with E-state index in [-0.39, 0.29) is 48.7 Å². The third-order valence-electron chi connectivity index (χ3n) is 10.1. The van der Waals surface area contributed by atoms with E-state index in [1.54, 1.807) is 0 Å². The molecular formula is C37H66O8. The number of carbonyl (C=O) groups excluding carboxylic acids is 1. The number of aliphatic hydroxyl groups is 4. The van der Waals surface area contributed by atoms with Crippen molar-refractivity contribution in [3.8, 4) is 0 Å². The van der Waals surface area contributed by atoms with Gasteiger partial charge in [-0.3, -0.25) is 0 Å². The molecule has 2 saturated heterocycles. The molecule has 2 fully saturated rings. The van der Waals surface area contributed by atoms with E-state index in [9.17, 15) is 25.2 Å². The number of aliphatic hydroxyl groups excluding tert-OH is 4. The lowest BCUT2D eigenvalue weighted by Crippen LogP contribution is -2.33. The number of hydrogen-bond acceptors (Lipinski definition) is 8. The normalized spacial score (nSPS) is 27.8. The summed E-state index contributed by atoms with van der Waals surface area (Å²) in [6.07, 6.45) is 21.2. The number of rotatable bonds is 25. The highest BCUT2D eigenvalue weighted by molar-refractivity contribution is 5.90. The van der Waals surface area contributed by atoms with Crippen molar-refractivity contribution in [1.82, 2.24) is 0 Å². The van der Waals surface area contributed by atoms with Gasteiger partial charge in [-0.25, -0.2) is 4.79 Å². The van der Waals surface area contributed by atoms with Gasteiger partial charge in [-0.15, -0.1) is 0 Å². The van der Waals surface area contributed by atoms with E-state index >= 15 is 0 Å². The second-order valence-electron chi connectivity index (χ2n) is 14.2. The minimum Gasteiger partial charge on any atom is -0.455 e. The van der Waals surface area contributed by atoms with E-state index in [2.05, 4.69) is 6.92 Å². The second kappa shape index (κ2) is 21.8. The average Bonchev–Trinajstić information content (AvgIpc) is 3.77. The van der Waals surface area contributed by atoms with E-state index in [1.807, 2.05) is 13.0 Å². The van der Waals surface area contributed by atoms with Gasteiger partial charge >= 0.3 is 5.97 Å². The highest BCUT2D eigenvalue weighted by Gasteiger charge is 2.40. The molecule has 0 aromatic carbocycles. The molecule has 0 aliphatic carbocycles. The average molecular weight is 639 g/mol. The molecule has 3 rings (SSSR count). The van der Waals surface area contributed by atoms with Crippen LogP contribution in [0.2, 0.25) is 0 Å². The summed E-state index contributed by atoms with van der Waals surface area (Å²) in [5, 5.41) is 42.1. The van der Waals surface area contributed by atoms with Gasteiger partial charge in [-0.05, 0) is 96.5 Å². The quantitative estimate of drug-likeness (QED) is 0.0634. The van der Waals surface area contributed by atoms with Crippen LogP contribution in [0.15, 0.2) is 11.6 Å². The predicted molar refractivity (Wildman–Crippen MR) is 177 cm³/mol. The van der Waals surface area contributed by atoms with Crippen LogP contribution >= 0.6 is 0 Å². The Balaban J connectivity index is 1.16. The van der Waals surface area contributed by atoms with Crippen molar-refractivity contribution in [2.24, 2.45) is 0 Å². The minimum atomic E-state index is -0.578. The third kappa shape index (κ3) is 14.7. The molecule has 3 aliphatic rings. The molecule has 4 N–H and O–H groups in total. The standard InChI is InChI=1S/C37H66O8/c1-3-4-5-12-16-29(38)18-14-19-31(40)33-22-24-35(44-33)36-25-23-34(45-36)32(41)21-20-30(39)17-13-10-8-6-7-9-11-15-28-26-27(2)43-37(28)42/h26-27,29-36,38-41H,3-25H2,1-2H3/t27?,29-,30+,31-,32+,33+,34?,35?,36+/m0/s1. The fourth-order valence-electron chi connectivity index (χ4n) is 7.28. The topological polar surface area (TPSA) is 126 Å². The Morgan fingerprint density at radius 2 is 1.16 bits per heavy atom. The first-order chi connectivity index (χ1) is 21.8. The Bertz CT molecular complexity index is 833. The van der Waals surface area contributed by atoms with E-state index in [1.165, 1.54) is 32.1 Å². The van der Waals surface area contributed by atoms with Crippen LogP contribution in [0.1, 0.15) is 162 Å². The Kier molecular flexibility index (Phi) is 18.6. The summed E-state index contributed by atoms with van der Waals surface area (Å²) in [7, 11) is 0. The molecule has 0 spiro atoms. The molecule has 0 bridgehead atoms. The maximum absolute atomic E-state index is 11.6. The number of esters is 1. The van der Waals surface area contributed by atoms with Crippen LogP contribution < -0.4 is 0 Å². The maximum atomic E-state index is 11.6. The highest BCUT2D eigenvalue weighted by Crippen LogP contribution is 2.34. The lowest BCUT2D eigenvalue weighted by atomic mass is 9.99. The summed E-state index contributed by atoms with van der Waals surface area (Å²) < 4.78 is 17.6. The molecule has 0 amide bonds. The Morgan fingerprint density at radius 3 is 1.73 bits per heavy atom. The van der Waals surface area contributed by atoms with E-state index in [0.29, 0.717) is 19.3 Å². The van der Waals surface area contributed by atoms with Crippen LogP contribution in [-0.2, 0) is 19.0 Å². The molecule has 3 heterocycles. The molecule has 9 atom stereocenters. The molecule has 3 aliphatic heterocycles. The molecule has 45 heavy (non-hydrogen) atoms. The molecule has 0 radical (unpaired) electrons. The van der Waals surface area contributed by atoms with Crippen LogP contribution in [0.3, 0.4) is 0 Å². The molecule has 0 aromatic rings. The Morgan fingerprint density at radius 1 is 0.644 bits per heavy atom. The van der Waals surface area contributed by atoms with Crippen molar-refractivity contribution in [2.45, 2.75) is 216 Å². The van der Waals surface area contributed by atoms with E-state index in [4.69, 9.17) is 14.2 Å². The van der Waals surface area contributed by atoms with Crippen molar-refractivity contribution in [3.05, 3.63) is 11.6 Å². The summed E-state index contributed by atoms with van der Waals surface area (Å²) in [4.78, 5) is 11.6.